The number of hydrogen-bond acceptors (Lipinski definition) is 3. The van der Waals surface area contributed by atoms with Crippen LogP contribution in [-0.2, 0) is 9.53 Å². The number of aliphatic hydroxyl groups is 1. The molecule has 1 aromatic carbocycles. The lowest BCUT2D eigenvalue weighted by Crippen LogP contribution is -2.22. The molecule has 1 aromatic rings. The molecule has 0 bridgehead atoms. The van der Waals surface area contributed by atoms with Gasteiger partial charge in [-0.3, -0.25) is 4.79 Å². The monoisotopic (exact) mass is 208 g/mol. The van der Waals surface area contributed by atoms with Gasteiger partial charge in [0.1, 0.15) is 0 Å². The van der Waals surface area contributed by atoms with Crippen LogP contribution in [0.25, 0.3) is 0 Å². The molecule has 0 amide bonds. The molecule has 0 saturated carbocycles. The molecule has 0 spiro atoms. The summed E-state index contributed by atoms with van der Waals surface area (Å²) in [6.07, 6.45) is -0.230. The quantitative estimate of drug-likeness (QED) is 0.769. The van der Waals surface area contributed by atoms with Gasteiger partial charge in [-0.15, -0.1) is 0 Å². The van der Waals surface area contributed by atoms with Crippen LogP contribution < -0.4 is 0 Å². The van der Waals surface area contributed by atoms with E-state index < -0.39 is 12.0 Å². The van der Waals surface area contributed by atoms with Crippen molar-refractivity contribution < 1.29 is 14.6 Å². The Morgan fingerprint density at radius 3 is 2.47 bits per heavy atom. The highest BCUT2D eigenvalue weighted by molar-refractivity contribution is 5.73. The smallest absolute Gasteiger partial charge is 0.311 e. The second-order valence-corrected chi connectivity index (χ2v) is 3.39. The van der Waals surface area contributed by atoms with Crippen LogP contribution in [0.5, 0.6) is 0 Å². The number of benzene rings is 1. The van der Waals surface area contributed by atoms with E-state index in [-0.39, 0.29) is 5.97 Å². The highest BCUT2D eigenvalue weighted by atomic mass is 16.5. The Morgan fingerprint density at radius 2 is 2.00 bits per heavy atom. The van der Waals surface area contributed by atoms with Crippen molar-refractivity contribution in [2.75, 3.05) is 7.11 Å². The van der Waals surface area contributed by atoms with E-state index in [9.17, 15) is 9.90 Å². The van der Waals surface area contributed by atoms with Crippen LogP contribution in [0.2, 0.25) is 0 Å². The molecule has 1 N–H and O–H groups in total. The summed E-state index contributed by atoms with van der Waals surface area (Å²) in [6, 6.07) is 9.15. The number of ether oxygens (including phenoxy) is 1. The van der Waals surface area contributed by atoms with E-state index in [0.717, 1.165) is 5.56 Å². The van der Waals surface area contributed by atoms with Crippen LogP contribution in [0.1, 0.15) is 25.0 Å². The normalized spacial score (nSPS) is 14.3. The van der Waals surface area contributed by atoms with Gasteiger partial charge in [-0.1, -0.05) is 37.3 Å². The number of hydrogen-bond donors (Lipinski definition) is 1. The number of aliphatic hydroxyl groups excluding tert-OH is 1. The summed E-state index contributed by atoms with van der Waals surface area (Å²) < 4.78 is 4.65. The maximum atomic E-state index is 11.4. The predicted octanol–water partition coefficient (Wildman–Crippen LogP) is 1.92. The first-order valence-electron chi connectivity index (χ1n) is 5.01. The molecule has 0 unspecified atom stereocenters. The Balaban J connectivity index is 2.82. The van der Waals surface area contributed by atoms with Gasteiger partial charge in [0, 0.05) is 0 Å². The lowest BCUT2D eigenvalue weighted by Gasteiger charge is -2.19. The molecule has 15 heavy (non-hydrogen) atoms. The van der Waals surface area contributed by atoms with Crippen molar-refractivity contribution in [3.8, 4) is 0 Å². The minimum absolute atomic E-state index is 0.367. The summed E-state index contributed by atoms with van der Waals surface area (Å²) in [6.45, 7) is 1.85. The van der Waals surface area contributed by atoms with Crippen LogP contribution in [0.3, 0.4) is 0 Å². The maximum Gasteiger partial charge on any atom is 0.311 e. The van der Waals surface area contributed by atoms with Crippen molar-refractivity contribution in [3.63, 3.8) is 0 Å². The van der Waals surface area contributed by atoms with Crippen molar-refractivity contribution in [1.82, 2.24) is 0 Å². The topological polar surface area (TPSA) is 46.5 Å². The summed E-state index contributed by atoms with van der Waals surface area (Å²) in [5.41, 5.74) is 0.745. The molecular formula is C12H16O3. The molecule has 3 heteroatoms. The minimum Gasteiger partial charge on any atom is -0.469 e. The third kappa shape index (κ3) is 2.80. The van der Waals surface area contributed by atoms with E-state index in [2.05, 4.69) is 4.74 Å². The van der Waals surface area contributed by atoms with Gasteiger partial charge >= 0.3 is 5.97 Å². The van der Waals surface area contributed by atoms with E-state index in [0.29, 0.717) is 6.42 Å². The van der Waals surface area contributed by atoms with Crippen LogP contribution in [0.15, 0.2) is 30.3 Å². The number of esters is 1. The van der Waals surface area contributed by atoms with Crippen LogP contribution >= 0.6 is 0 Å². The fraction of sp³-hybridized carbons (Fsp3) is 0.417. The fourth-order valence-corrected chi connectivity index (χ4v) is 1.55. The summed E-state index contributed by atoms with van der Waals surface area (Å²) >= 11 is 0. The van der Waals surface area contributed by atoms with Gasteiger partial charge in [0.05, 0.1) is 19.1 Å². The second-order valence-electron chi connectivity index (χ2n) is 3.39. The van der Waals surface area contributed by atoms with E-state index in [1.54, 1.807) is 12.1 Å². The van der Waals surface area contributed by atoms with Gasteiger partial charge in [0.15, 0.2) is 0 Å². The Bertz CT molecular complexity index is 308. The SMILES string of the molecule is CC[C@H](C(=O)OC)[C@H](O)c1ccccc1. The van der Waals surface area contributed by atoms with E-state index >= 15 is 0 Å². The second kappa shape index (κ2) is 5.51. The molecule has 3 nitrogen and oxygen atoms in total. The predicted molar refractivity (Wildman–Crippen MR) is 57.2 cm³/mol. The fourth-order valence-electron chi connectivity index (χ4n) is 1.55. The average molecular weight is 208 g/mol. The highest BCUT2D eigenvalue weighted by Crippen LogP contribution is 2.25. The molecule has 0 aliphatic carbocycles. The number of methoxy groups -OCH3 is 1. The first-order chi connectivity index (χ1) is 7.20. The Morgan fingerprint density at radius 1 is 1.40 bits per heavy atom. The molecule has 0 saturated heterocycles. The van der Waals surface area contributed by atoms with Crippen LogP contribution in [0, 0.1) is 5.92 Å². The van der Waals surface area contributed by atoms with Crippen LogP contribution in [-0.4, -0.2) is 18.2 Å². The molecule has 0 fully saturated rings. The zero-order valence-electron chi connectivity index (χ0n) is 9.01. The zero-order valence-corrected chi connectivity index (χ0v) is 9.01. The molecule has 2 atom stereocenters. The van der Waals surface area contributed by atoms with E-state index in [1.165, 1.54) is 7.11 Å². The Kier molecular flexibility index (Phi) is 4.31. The zero-order chi connectivity index (χ0) is 11.3. The minimum atomic E-state index is -0.788. The third-order valence-corrected chi connectivity index (χ3v) is 2.47. The summed E-state index contributed by atoms with van der Waals surface area (Å²) in [7, 11) is 1.34. The molecule has 0 radical (unpaired) electrons. The molecule has 82 valence electrons. The number of carbonyl (C=O) groups is 1. The van der Waals surface area contributed by atoms with Gasteiger partial charge in [-0.2, -0.15) is 0 Å². The third-order valence-electron chi connectivity index (χ3n) is 2.47. The highest BCUT2D eigenvalue weighted by Gasteiger charge is 2.26. The van der Waals surface area contributed by atoms with E-state index in [1.807, 2.05) is 25.1 Å². The molecule has 0 aliphatic heterocycles. The Labute approximate surface area is 89.7 Å². The summed E-state index contributed by atoms with van der Waals surface area (Å²) in [4.78, 5) is 11.4. The van der Waals surface area contributed by atoms with Gasteiger partial charge in [0.25, 0.3) is 0 Å². The molecule has 0 aromatic heterocycles. The lowest BCUT2D eigenvalue weighted by atomic mass is 9.94. The van der Waals surface area contributed by atoms with Crippen molar-refractivity contribution in [3.05, 3.63) is 35.9 Å². The number of rotatable bonds is 4. The molecule has 1 rings (SSSR count). The molecular weight excluding hydrogens is 192 g/mol. The van der Waals surface area contributed by atoms with Gasteiger partial charge in [-0.25, -0.2) is 0 Å². The first kappa shape index (κ1) is 11.7. The molecule has 0 aliphatic rings. The average Bonchev–Trinajstić information content (AvgIpc) is 2.30. The van der Waals surface area contributed by atoms with Crippen molar-refractivity contribution in [1.29, 1.82) is 0 Å². The van der Waals surface area contributed by atoms with Gasteiger partial charge < -0.3 is 9.84 Å². The standard InChI is InChI=1S/C12H16O3/c1-3-10(12(14)15-2)11(13)9-7-5-4-6-8-9/h4-8,10-11,13H,3H2,1-2H3/t10-,11+/m0/s1. The summed E-state index contributed by atoms with van der Waals surface area (Å²) in [5.74, 6) is -0.855. The number of carbonyl (C=O) groups excluding carboxylic acids is 1. The van der Waals surface area contributed by atoms with Crippen LogP contribution in [0.4, 0.5) is 0 Å². The summed E-state index contributed by atoms with van der Waals surface area (Å²) in [5, 5.41) is 9.98. The molecule has 0 heterocycles. The first-order valence-corrected chi connectivity index (χ1v) is 5.01. The Hall–Kier alpha value is -1.35. The van der Waals surface area contributed by atoms with Crippen molar-refractivity contribution in [2.24, 2.45) is 5.92 Å². The van der Waals surface area contributed by atoms with Gasteiger partial charge in [-0.05, 0) is 12.0 Å². The maximum absolute atomic E-state index is 11.4. The van der Waals surface area contributed by atoms with Crippen molar-refractivity contribution >= 4 is 5.97 Å². The lowest BCUT2D eigenvalue weighted by molar-refractivity contribution is -0.149. The van der Waals surface area contributed by atoms with Gasteiger partial charge in [0.2, 0.25) is 0 Å². The largest absolute Gasteiger partial charge is 0.469 e. The van der Waals surface area contributed by atoms with Crippen molar-refractivity contribution in [2.45, 2.75) is 19.4 Å². The van der Waals surface area contributed by atoms with E-state index in [4.69, 9.17) is 0 Å².